The Labute approximate surface area is 109 Å². The van der Waals surface area contributed by atoms with Gasteiger partial charge in [0.05, 0.1) is 19.1 Å². The summed E-state index contributed by atoms with van der Waals surface area (Å²) in [6.07, 6.45) is 1.77. The third-order valence-electron chi connectivity index (χ3n) is 3.68. The largest absolute Gasteiger partial charge is 0.375 e. The molecule has 2 unspecified atom stereocenters. The zero-order valence-electron chi connectivity index (χ0n) is 10.6. The molecule has 1 heterocycles. The highest BCUT2D eigenvalue weighted by atomic mass is 35.5. The molecule has 0 aromatic rings. The van der Waals surface area contributed by atoms with E-state index in [0.717, 1.165) is 19.6 Å². The lowest BCUT2D eigenvalue weighted by Crippen LogP contribution is -2.41. The molecule has 4 nitrogen and oxygen atoms in total. The predicted octanol–water partition coefficient (Wildman–Crippen LogP) is 0.949. The summed E-state index contributed by atoms with van der Waals surface area (Å²) in [4.78, 5) is 11.6. The van der Waals surface area contributed by atoms with Crippen LogP contribution in [0.15, 0.2) is 0 Å². The van der Waals surface area contributed by atoms with Gasteiger partial charge >= 0.3 is 0 Å². The lowest BCUT2D eigenvalue weighted by Gasteiger charge is -2.23. The van der Waals surface area contributed by atoms with Gasteiger partial charge < -0.3 is 15.4 Å². The summed E-state index contributed by atoms with van der Waals surface area (Å²) in [5, 5.41) is 6.23. The highest BCUT2D eigenvalue weighted by molar-refractivity contribution is 5.85. The van der Waals surface area contributed by atoms with E-state index in [1.54, 1.807) is 0 Å². The summed E-state index contributed by atoms with van der Waals surface area (Å²) in [7, 11) is 0. The zero-order chi connectivity index (χ0) is 11.6. The molecular weight excluding hydrogens is 240 g/mol. The lowest BCUT2D eigenvalue weighted by molar-refractivity contribution is -0.124. The number of ether oxygens (including phenoxy) is 1. The monoisotopic (exact) mass is 262 g/mol. The standard InChI is InChI=1S/C12H22N2O2.ClH/c1-12(2)6-9(12)7-14-11(15)5-10-8-13-3-4-16-10;/h9-10,13H,3-8H2,1-2H3,(H,14,15);1H. The summed E-state index contributed by atoms with van der Waals surface area (Å²) in [5.74, 6) is 0.790. The number of carbonyl (C=O) groups is 1. The third kappa shape index (κ3) is 4.45. The van der Waals surface area contributed by atoms with Crippen molar-refractivity contribution in [2.45, 2.75) is 32.8 Å². The molecular formula is C12H23ClN2O2. The first-order chi connectivity index (χ1) is 7.58. The van der Waals surface area contributed by atoms with Gasteiger partial charge in [0.2, 0.25) is 5.91 Å². The second-order valence-corrected chi connectivity index (χ2v) is 5.59. The van der Waals surface area contributed by atoms with Crippen LogP contribution in [-0.2, 0) is 9.53 Å². The van der Waals surface area contributed by atoms with Gasteiger partial charge in [0.15, 0.2) is 0 Å². The number of halogens is 1. The molecule has 0 spiro atoms. The molecule has 2 fully saturated rings. The Kier molecular flexibility index (Phi) is 5.22. The van der Waals surface area contributed by atoms with Gasteiger partial charge in [-0.1, -0.05) is 13.8 Å². The molecule has 1 aliphatic heterocycles. The van der Waals surface area contributed by atoms with Crippen molar-refractivity contribution < 1.29 is 9.53 Å². The highest BCUT2D eigenvalue weighted by Gasteiger charge is 2.45. The third-order valence-corrected chi connectivity index (χ3v) is 3.68. The normalized spacial score (nSPS) is 30.2. The Morgan fingerprint density at radius 1 is 1.53 bits per heavy atom. The van der Waals surface area contributed by atoms with Crippen LogP contribution in [0.1, 0.15) is 26.7 Å². The first kappa shape index (κ1) is 14.7. The molecule has 2 aliphatic rings. The van der Waals surface area contributed by atoms with Gasteiger partial charge in [-0.3, -0.25) is 4.79 Å². The van der Waals surface area contributed by atoms with E-state index in [-0.39, 0.29) is 24.4 Å². The minimum absolute atomic E-state index is 0. The van der Waals surface area contributed by atoms with Crippen LogP contribution in [0.3, 0.4) is 0 Å². The molecule has 1 saturated heterocycles. The van der Waals surface area contributed by atoms with Crippen LogP contribution >= 0.6 is 12.4 Å². The summed E-state index contributed by atoms with van der Waals surface area (Å²) in [6, 6.07) is 0. The fraction of sp³-hybridized carbons (Fsp3) is 0.917. The van der Waals surface area contributed by atoms with Crippen molar-refractivity contribution in [3.05, 3.63) is 0 Å². The molecule has 1 amide bonds. The first-order valence-corrected chi connectivity index (χ1v) is 6.17. The summed E-state index contributed by atoms with van der Waals surface area (Å²) in [6.45, 7) is 7.73. The number of carbonyl (C=O) groups excluding carboxylic acids is 1. The Bertz CT molecular complexity index is 265. The van der Waals surface area contributed by atoms with Crippen LogP contribution < -0.4 is 10.6 Å². The van der Waals surface area contributed by atoms with Crippen molar-refractivity contribution in [1.82, 2.24) is 10.6 Å². The van der Waals surface area contributed by atoms with E-state index < -0.39 is 0 Å². The van der Waals surface area contributed by atoms with Crippen LogP contribution in [0.5, 0.6) is 0 Å². The smallest absolute Gasteiger partial charge is 0.222 e. The minimum Gasteiger partial charge on any atom is -0.375 e. The van der Waals surface area contributed by atoms with Gasteiger partial charge in [-0.2, -0.15) is 0 Å². The molecule has 2 rings (SSSR count). The Morgan fingerprint density at radius 3 is 2.76 bits per heavy atom. The van der Waals surface area contributed by atoms with Gasteiger partial charge in [0, 0.05) is 19.6 Å². The maximum atomic E-state index is 11.6. The van der Waals surface area contributed by atoms with Crippen molar-refractivity contribution in [3.63, 3.8) is 0 Å². The fourth-order valence-electron chi connectivity index (χ4n) is 2.19. The summed E-state index contributed by atoms with van der Waals surface area (Å²) < 4.78 is 5.49. The van der Waals surface area contributed by atoms with Crippen molar-refractivity contribution in [3.8, 4) is 0 Å². The molecule has 0 bridgehead atoms. The topological polar surface area (TPSA) is 50.4 Å². The van der Waals surface area contributed by atoms with Crippen molar-refractivity contribution in [2.24, 2.45) is 11.3 Å². The van der Waals surface area contributed by atoms with E-state index in [0.29, 0.717) is 24.4 Å². The maximum Gasteiger partial charge on any atom is 0.222 e. The number of amides is 1. The van der Waals surface area contributed by atoms with E-state index in [9.17, 15) is 4.79 Å². The van der Waals surface area contributed by atoms with Crippen molar-refractivity contribution >= 4 is 18.3 Å². The van der Waals surface area contributed by atoms with Crippen molar-refractivity contribution in [2.75, 3.05) is 26.2 Å². The molecule has 1 aliphatic carbocycles. The Hall–Kier alpha value is -0.320. The number of rotatable bonds is 4. The van der Waals surface area contributed by atoms with Gasteiger partial charge in [0.1, 0.15) is 0 Å². The Balaban J connectivity index is 0.00000144. The molecule has 0 radical (unpaired) electrons. The molecule has 2 N–H and O–H groups in total. The summed E-state index contributed by atoms with van der Waals surface area (Å²) in [5.41, 5.74) is 0.441. The van der Waals surface area contributed by atoms with Gasteiger partial charge in [0.25, 0.3) is 0 Å². The first-order valence-electron chi connectivity index (χ1n) is 6.17. The van der Waals surface area contributed by atoms with E-state index >= 15 is 0 Å². The molecule has 1 saturated carbocycles. The van der Waals surface area contributed by atoms with E-state index in [2.05, 4.69) is 24.5 Å². The van der Waals surface area contributed by atoms with Crippen LogP contribution in [0.2, 0.25) is 0 Å². The number of hydrogen-bond acceptors (Lipinski definition) is 3. The van der Waals surface area contributed by atoms with Gasteiger partial charge in [-0.25, -0.2) is 0 Å². The molecule has 0 aromatic carbocycles. The van der Waals surface area contributed by atoms with Gasteiger partial charge in [-0.15, -0.1) is 12.4 Å². The number of hydrogen-bond donors (Lipinski definition) is 2. The average Bonchev–Trinajstić information content (AvgIpc) is 2.85. The maximum absolute atomic E-state index is 11.6. The highest BCUT2D eigenvalue weighted by Crippen LogP contribution is 2.50. The van der Waals surface area contributed by atoms with E-state index in [4.69, 9.17) is 4.74 Å². The predicted molar refractivity (Wildman–Crippen MR) is 69.4 cm³/mol. The van der Waals surface area contributed by atoms with Crippen LogP contribution in [0.4, 0.5) is 0 Å². The van der Waals surface area contributed by atoms with Crippen molar-refractivity contribution in [1.29, 1.82) is 0 Å². The number of nitrogens with one attached hydrogen (secondary N) is 2. The van der Waals surface area contributed by atoms with Crippen LogP contribution in [0, 0.1) is 11.3 Å². The molecule has 17 heavy (non-hydrogen) atoms. The lowest BCUT2D eigenvalue weighted by atomic mass is 10.1. The molecule has 100 valence electrons. The molecule has 5 heteroatoms. The second-order valence-electron chi connectivity index (χ2n) is 5.59. The molecule has 0 aromatic heterocycles. The second kappa shape index (κ2) is 6.03. The SMILES string of the molecule is CC1(C)CC1CNC(=O)CC1CNCCO1.Cl. The van der Waals surface area contributed by atoms with Crippen LogP contribution in [-0.4, -0.2) is 38.3 Å². The quantitative estimate of drug-likeness (QED) is 0.793. The number of morpholine rings is 1. The zero-order valence-corrected chi connectivity index (χ0v) is 11.4. The van der Waals surface area contributed by atoms with E-state index in [1.807, 2.05) is 0 Å². The van der Waals surface area contributed by atoms with Gasteiger partial charge in [-0.05, 0) is 17.8 Å². The average molecular weight is 263 g/mol. The molecule has 2 atom stereocenters. The van der Waals surface area contributed by atoms with E-state index in [1.165, 1.54) is 6.42 Å². The Morgan fingerprint density at radius 2 is 2.24 bits per heavy atom. The van der Waals surface area contributed by atoms with Crippen LogP contribution in [0.25, 0.3) is 0 Å². The minimum atomic E-state index is 0. The summed E-state index contributed by atoms with van der Waals surface area (Å²) >= 11 is 0. The fourth-order valence-corrected chi connectivity index (χ4v) is 2.19.